The van der Waals surface area contributed by atoms with E-state index in [1.54, 1.807) is 6.20 Å². The molecule has 0 unspecified atom stereocenters. The minimum atomic E-state index is 0.687. The van der Waals surface area contributed by atoms with Crippen LogP contribution in [0.15, 0.2) is 18.5 Å². The van der Waals surface area contributed by atoms with Gasteiger partial charge in [-0.3, -0.25) is 4.68 Å². The maximum Gasteiger partial charge on any atom is 0.0785 e. The summed E-state index contributed by atoms with van der Waals surface area (Å²) in [5, 5.41) is 8.38. The van der Waals surface area contributed by atoms with Crippen LogP contribution in [0.3, 0.4) is 0 Å². The largest absolute Gasteiger partial charge is 0.312 e. The van der Waals surface area contributed by atoms with Crippen LogP contribution in [0.25, 0.3) is 0 Å². The van der Waals surface area contributed by atoms with Gasteiger partial charge in [-0.15, -0.1) is 11.3 Å². The normalized spacial score (nSPS) is 11.4. The Balaban J connectivity index is 1.96. The van der Waals surface area contributed by atoms with Gasteiger partial charge in [0.25, 0.3) is 0 Å². The molecule has 0 aliphatic rings. The molecule has 1 N–H and O–H groups in total. The van der Waals surface area contributed by atoms with E-state index in [9.17, 15) is 0 Å². The lowest BCUT2D eigenvalue weighted by Crippen LogP contribution is -2.18. The van der Waals surface area contributed by atoms with Crippen LogP contribution in [0.5, 0.6) is 0 Å². The van der Waals surface area contributed by atoms with Crippen molar-refractivity contribution in [1.29, 1.82) is 0 Å². The van der Waals surface area contributed by atoms with Crippen LogP contribution in [-0.2, 0) is 13.1 Å². The first-order valence-electron chi connectivity index (χ1n) is 6.51. The second-order valence-corrected chi connectivity index (χ2v) is 6.95. The minimum Gasteiger partial charge on any atom is -0.312 e. The van der Waals surface area contributed by atoms with Crippen LogP contribution < -0.4 is 5.32 Å². The smallest absolute Gasteiger partial charge is 0.0785 e. The van der Waals surface area contributed by atoms with Crippen LogP contribution in [0.4, 0.5) is 0 Å². The summed E-state index contributed by atoms with van der Waals surface area (Å²) in [7, 11) is 0. The molecule has 0 amide bonds. The Labute approximate surface area is 123 Å². The molecule has 2 aromatic rings. The van der Waals surface area contributed by atoms with Crippen molar-refractivity contribution in [3.63, 3.8) is 0 Å². The summed E-state index contributed by atoms with van der Waals surface area (Å²) in [6.45, 7) is 9.40. The first-order valence-corrected chi connectivity index (χ1v) is 7.71. The van der Waals surface area contributed by atoms with Gasteiger partial charge in [0.15, 0.2) is 0 Å². The van der Waals surface area contributed by atoms with Crippen molar-refractivity contribution in [3.8, 4) is 0 Å². The number of thiophene rings is 1. The molecule has 0 saturated carbocycles. The molecule has 104 valence electrons. The number of nitrogens with zero attached hydrogens (tertiary/aromatic N) is 2. The standard InChI is InChI=1S/C14H20ClN3S/c1-10(2)5-16-7-14-4-12(11(3)19-14)8-18-9-13(15)6-17-18/h4,6,9-10,16H,5,7-8H2,1-3H3. The highest BCUT2D eigenvalue weighted by atomic mass is 35.5. The van der Waals surface area contributed by atoms with Crippen molar-refractivity contribution in [2.75, 3.05) is 6.54 Å². The van der Waals surface area contributed by atoms with E-state index in [0.29, 0.717) is 10.9 Å². The summed E-state index contributed by atoms with van der Waals surface area (Å²) >= 11 is 7.73. The Morgan fingerprint density at radius 3 is 2.89 bits per heavy atom. The maximum atomic E-state index is 5.88. The third kappa shape index (κ3) is 4.34. The van der Waals surface area contributed by atoms with E-state index in [1.165, 1.54) is 15.3 Å². The van der Waals surface area contributed by atoms with Crippen LogP contribution >= 0.6 is 22.9 Å². The van der Waals surface area contributed by atoms with Gasteiger partial charge in [-0.2, -0.15) is 5.10 Å². The lowest BCUT2D eigenvalue weighted by molar-refractivity contribution is 0.554. The molecule has 0 aliphatic heterocycles. The summed E-state index contributed by atoms with van der Waals surface area (Å²) < 4.78 is 1.88. The molecule has 0 radical (unpaired) electrons. The topological polar surface area (TPSA) is 29.9 Å². The summed E-state index contributed by atoms with van der Waals surface area (Å²) in [4.78, 5) is 2.74. The lowest BCUT2D eigenvalue weighted by atomic mass is 10.2. The molecule has 0 aliphatic carbocycles. The zero-order valence-electron chi connectivity index (χ0n) is 11.6. The van der Waals surface area contributed by atoms with Crippen molar-refractivity contribution in [1.82, 2.24) is 15.1 Å². The molecule has 19 heavy (non-hydrogen) atoms. The Morgan fingerprint density at radius 2 is 2.26 bits per heavy atom. The van der Waals surface area contributed by atoms with E-state index in [4.69, 9.17) is 11.6 Å². The Bertz CT molecular complexity index is 531. The monoisotopic (exact) mass is 297 g/mol. The summed E-state index contributed by atoms with van der Waals surface area (Å²) in [6.07, 6.45) is 3.53. The van der Waals surface area contributed by atoms with E-state index in [-0.39, 0.29) is 0 Å². The van der Waals surface area contributed by atoms with E-state index < -0.39 is 0 Å². The molecular weight excluding hydrogens is 278 g/mol. The highest BCUT2D eigenvalue weighted by molar-refractivity contribution is 7.12. The predicted octanol–water partition coefficient (Wildman–Crippen LogP) is 3.70. The lowest BCUT2D eigenvalue weighted by Gasteiger charge is -2.05. The van der Waals surface area contributed by atoms with Crippen molar-refractivity contribution in [3.05, 3.63) is 38.8 Å². The molecule has 2 heterocycles. The average molecular weight is 298 g/mol. The van der Waals surface area contributed by atoms with Gasteiger partial charge < -0.3 is 5.32 Å². The molecule has 5 heteroatoms. The molecule has 0 spiro atoms. The number of aryl methyl sites for hydroxylation is 1. The minimum absolute atomic E-state index is 0.687. The highest BCUT2D eigenvalue weighted by Crippen LogP contribution is 2.22. The molecule has 0 aromatic carbocycles. The quantitative estimate of drug-likeness (QED) is 0.881. The molecule has 2 rings (SSSR count). The summed E-state index contributed by atoms with van der Waals surface area (Å²) in [5.41, 5.74) is 1.33. The van der Waals surface area contributed by atoms with E-state index >= 15 is 0 Å². The Kier molecular flexibility index (Phi) is 5.02. The Morgan fingerprint density at radius 1 is 1.47 bits per heavy atom. The first kappa shape index (κ1) is 14.6. The van der Waals surface area contributed by atoms with Crippen LogP contribution in [0.1, 0.15) is 29.2 Å². The van der Waals surface area contributed by atoms with Crippen LogP contribution in [0.2, 0.25) is 5.02 Å². The second-order valence-electron chi connectivity index (χ2n) is 5.18. The van der Waals surface area contributed by atoms with Crippen LogP contribution in [0, 0.1) is 12.8 Å². The number of aromatic nitrogens is 2. The van der Waals surface area contributed by atoms with Crippen molar-refractivity contribution < 1.29 is 0 Å². The van der Waals surface area contributed by atoms with Crippen molar-refractivity contribution >= 4 is 22.9 Å². The second kappa shape index (κ2) is 6.55. The summed E-state index contributed by atoms with van der Waals surface area (Å²) in [6, 6.07) is 2.27. The van der Waals surface area contributed by atoms with Crippen LogP contribution in [-0.4, -0.2) is 16.3 Å². The fourth-order valence-corrected chi connectivity index (χ4v) is 3.09. The van der Waals surface area contributed by atoms with E-state index in [0.717, 1.165) is 19.6 Å². The van der Waals surface area contributed by atoms with E-state index in [1.807, 2.05) is 22.2 Å². The molecule has 0 fully saturated rings. The molecular formula is C14H20ClN3S. The van der Waals surface area contributed by atoms with Gasteiger partial charge in [-0.05, 0) is 31.0 Å². The van der Waals surface area contributed by atoms with Gasteiger partial charge in [0.1, 0.15) is 0 Å². The number of hydrogen-bond donors (Lipinski definition) is 1. The maximum absolute atomic E-state index is 5.88. The molecule has 0 atom stereocenters. The average Bonchev–Trinajstić information content (AvgIpc) is 2.87. The number of nitrogens with one attached hydrogen (secondary N) is 1. The SMILES string of the molecule is Cc1sc(CNCC(C)C)cc1Cn1cc(Cl)cn1. The number of halogens is 1. The van der Waals surface area contributed by atoms with Crippen molar-refractivity contribution in [2.45, 2.75) is 33.9 Å². The third-order valence-electron chi connectivity index (χ3n) is 2.86. The highest BCUT2D eigenvalue weighted by Gasteiger charge is 2.07. The molecule has 3 nitrogen and oxygen atoms in total. The number of hydrogen-bond acceptors (Lipinski definition) is 3. The molecule has 2 aromatic heterocycles. The fourth-order valence-electron chi connectivity index (χ4n) is 1.92. The van der Waals surface area contributed by atoms with Crippen molar-refractivity contribution in [2.24, 2.45) is 5.92 Å². The fraction of sp³-hybridized carbons (Fsp3) is 0.500. The van der Waals surface area contributed by atoms with Gasteiger partial charge >= 0.3 is 0 Å². The van der Waals surface area contributed by atoms with Gasteiger partial charge in [0, 0.05) is 22.5 Å². The zero-order valence-corrected chi connectivity index (χ0v) is 13.2. The molecule has 0 bridgehead atoms. The van der Waals surface area contributed by atoms with Gasteiger partial charge in [-0.25, -0.2) is 0 Å². The first-order chi connectivity index (χ1) is 9.04. The molecule has 0 saturated heterocycles. The predicted molar refractivity (Wildman–Crippen MR) is 81.9 cm³/mol. The van der Waals surface area contributed by atoms with Gasteiger partial charge in [-0.1, -0.05) is 25.4 Å². The zero-order chi connectivity index (χ0) is 13.8. The third-order valence-corrected chi connectivity index (χ3v) is 4.15. The van der Waals surface area contributed by atoms with Gasteiger partial charge in [0.05, 0.1) is 17.8 Å². The Hall–Kier alpha value is -0.840. The van der Waals surface area contributed by atoms with E-state index in [2.05, 4.69) is 37.3 Å². The number of rotatable bonds is 6. The van der Waals surface area contributed by atoms with Gasteiger partial charge in [0.2, 0.25) is 0 Å². The summed E-state index contributed by atoms with van der Waals surface area (Å²) in [5.74, 6) is 0.687.